The van der Waals surface area contributed by atoms with Crippen LogP contribution in [-0.4, -0.2) is 18.2 Å². The predicted octanol–water partition coefficient (Wildman–Crippen LogP) is 2.87. The number of methoxy groups -OCH3 is 1. The molecule has 0 bridgehead atoms. The Balaban J connectivity index is 2.44. The average Bonchev–Trinajstić information content (AvgIpc) is 2.52. The lowest BCUT2D eigenvalue weighted by Gasteiger charge is -2.14. The summed E-state index contributed by atoms with van der Waals surface area (Å²) in [5.74, 6) is 0.775. The maximum atomic E-state index is 12.5. The monoisotopic (exact) mass is 300 g/mol. The summed E-state index contributed by atoms with van der Waals surface area (Å²) in [7, 11) is 3.46. The number of rotatable bonds is 6. The van der Waals surface area contributed by atoms with Gasteiger partial charge in [0.1, 0.15) is 5.75 Å². The van der Waals surface area contributed by atoms with Gasteiger partial charge in [-0.3, -0.25) is 4.79 Å². The van der Waals surface area contributed by atoms with Crippen molar-refractivity contribution >= 4 is 0 Å². The molecule has 0 unspecified atom stereocenters. The largest absolute Gasteiger partial charge is 0.496 e. The molecule has 1 aromatic carbocycles. The lowest BCUT2D eigenvalue weighted by atomic mass is 10.1. The molecule has 0 radical (unpaired) electrons. The smallest absolute Gasteiger partial charge is 0.255 e. The van der Waals surface area contributed by atoms with Crippen molar-refractivity contribution in [2.24, 2.45) is 7.05 Å². The van der Waals surface area contributed by atoms with Gasteiger partial charge in [-0.1, -0.05) is 24.6 Å². The van der Waals surface area contributed by atoms with Crippen molar-refractivity contribution in [1.29, 1.82) is 0 Å². The van der Waals surface area contributed by atoms with Crippen LogP contribution in [0.25, 0.3) is 11.3 Å². The van der Waals surface area contributed by atoms with Crippen LogP contribution in [0.3, 0.4) is 0 Å². The van der Waals surface area contributed by atoms with Crippen LogP contribution in [0.4, 0.5) is 0 Å². The molecule has 0 spiro atoms. The number of aryl methyl sites for hydroxylation is 1. The van der Waals surface area contributed by atoms with Crippen LogP contribution < -0.4 is 15.6 Å². The van der Waals surface area contributed by atoms with Crippen molar-refractivity contribution in [2.45, 2.75) is 26.8 Å². The topological polar surface area (TPSA) is 43.3 Å². The van der Waals surface area contributed by atoms with E-state index in [2.05, 4.69) is 12.2 Å². The zero-order chi connectivity index (χ0) is 16.1. The van der Waals surface area contributed by atoms with Crippen LogP contribution in [0.1, 0.15) is 24.5 Å². The van der Waals surface area contributed by atoms with E-state index in [1.165, 1.54) is 0 Å². The molecule has 1 N–H and O–H groups in total. The van der Waals surface area contributed by atoms with E-state index >= 15 is 0 Å². The third-order valence-corrected chi connectivity index (χ3v) is 3.76. The Morgan fingerprint density at radius 2 is 2.00 bits per heavy atom. The highest BCUT2D eigenvalue weighted by molar-refractivity contribution is 5.68. The summed E-state index contributed by atoms with van der Waals surface area (Å²) in [5.41, 5.74) is 3.76. The van der Waals surface area contributed by atoms with E-state index in [4.69, 9.17) is 4.74 Å². The van der Waals surface area contributed by atoms with E-state index in [1.54, 1.807) is 11.7 Å². The Bertz CT molecular complexity index is 705. The fourth-order valence-electron chi connectivity index (χ4n) is 2.51. The van der Waals surface area contributed by atoms with E-state index in [0.717, 1.165) is 41.1 Å². The van der Waals surface area contributed by atoms with E-state index in [9.17, 15) is 4.79 Å². The Kier molecular flexibility index (Phi) is 5.39. The lowest BCUT2D eigenvalue weighted by Crippen LogP contribution is -2.26. The second kappa shape index (κ2) is 7.27. The number of aromatic nitrogens is 1. The summed E-state index contributed by atoms with van der Waals surface area (Å²) in [6.07, 6.45) is 1.05. The molecule has 118 valence electrons. The van der Waals surface area contributed by atoms with Gasteiger partial charge in [-0.05, 0) is 38.1 Å². The molecule has 2 aromatic rings. The van der Waals surface area contributed by atoms with Gasteiger partial charge in [-0.2, -0.15) is 0 Å². The van der Waals surface area contributed by atoms with Crippen molar-refractivity contribution < 1.29 is 4.74 Å². The summed E-state index contributed by atoms with van der Waals surface area (Å²) in [4.78, 5) is 12.5. The zero-order valence-electron chi connectivity index (χ0n) is 13.8. The minimum absolute atomic E-state index is 0.0321. The third kappa shape index (κ3) is 3.39. The van der Waals surface area contributed by atoms with Crippen LogP contribution in [0, 0.1) is 6.92 Å². The summed E-state index contributed by atoms with van der Waals surface area (Å²) in [6, 6.07) is 9.88. The number of ether oxygens (including phenoxy) is 1. The molecule has 4 heteroatoms. The highest BCUT2D eigenvalue weighted by Crippen LogP contribution is 2.29. The first kappa shape index (κ1) is 16.3. The molecule has 0 aliphatic rings. The van der Waals surface area contributed by atoms with Crippen LogP contribution >= 0.6 is 0 Å². The summed E-state index contributed by atoms with van der Waals surface area (Å²) < 4.78 is 7.13. The van der Waals surface area contributed by atoms with Crippen LogP contribution in [0.5, 0.6) is 5.75 Å². The van der Waals surface area contributed by atoms with Crippen molar-refractivity contribution in [1.82, 2.24) is 9.88 Å². The van der Waals surface area contributed by atoms with Gasteiger partial charge in [0.05, 0.1) is 12.8 Å². The van der Waals surface area contributed by atoms with Gasteiger partial charge < -0.3 is 14.6 Å². The quantitative estimate of drug-likeness (QED) is 0.834. The Labute approximate surface area is 131 Å². The second-order valence-corrected chi connectivity index (χ2v) is 5.49. The molecule has 0 amide bonds. The van der Waals surface area contributed by atoms with Gasteiger partial charge in [-0.25, -0.2) is 0 Å². The fourth-order valence-corrected chi connectivity index (χ4v) is 2.51. The number of hydrogen-bond acceptors (Lipinski definition) is 3. The molecular weight excluding hydrogens is 276 g/mol. The maximum absolute atomic E-state index is 12.5. The van der Waals surface area contributed by atoms with Crippen LogP contribution in [0.2, 0.25) is 0 Å². The molecule has 1 heterocycles. The van der Waals surface area contributed by atoms with Crippen molar-refractivity contribution in [3.05, 3.63) is 51.8 Å². The molecule has 0 aliphatic heterocycles. The highest BCUT2D eigenvalue weighted by atomic mass is 16.5. The fraction of sp³-hybridized carbons (Fsp3) is 0.389. The van der Waals surface area contributed by atoms with Crippen LogP contribution in [0.15, 0.2) is 35.1 Å². The summed E-state index contributed by atoms with van der Waals surface area (Å²) >= 11 is 0. The molecule has 1 aromatic heterocycles. The van der Waals surface area contributed by atoms with Gasteiger partial charge in [0.15, 0.2) is 0 Å². The first-order valence-electron chi connectivity index (χ1n) is 7.63. The number of pyridine rings is 1. The first-order chi connectivity index (χ1) is 10.6. The van der Waals surface area contributed by atoms with E-state index in [1.807, 2.05) is 44.3 Å². The van der Waals surface area contributed by atoms with E-state index < -0.39 is 0 Å². The van der Waals surface area contributed by atoms with Gasteiger partial charge in [-0.15, -0.1) is 0 Å². The average molecular weight is 300 g/mol. The highest BCUT2D eigenvalue weighted by Gasteiger charge is 2.12. The number of benzene rings is 1. The maximum Gasteiger partial charge on any atom is 0.255 e. The zero-order valence-corrected chi connectivity index (χ0v) is 13.8. The Morgan fingerprint density at radius 3 is 2.68 bits per heavy atom. The second-order valence-electron chi connectivity index (χ2n) is 5.49. The molecule has 0 atom stereocenters. The van der Waals surface area contributed by atoms with Gasteiger partial charge in [0, 0.05) is 24.7 Å². The van der Waals surface area contributed by atoms with Gasteiger partial charge >= 0.3 is 0 Å². The SMILES string of the molecule is CCCNCc1ccc(-c2cc(C)ccc2OC)n(C)c1=O. The van der Waals surface area contributed by atoms with Gasteiger partial charge in [0.2, 0.25) is 0 Å². The number of nitrogens with one attached hydrogen (secondary N) is 1. The minimum atomic E-state index is 0.0321. The number of nitrogens with zero attached hydrogens (tertiary/aromatic N) is 1. The molecule has 0 fully saturated rings. The molecule has 0 aliphatic carbocycles. The standard InChI is InChI=1S/C18H24N2O2/c1-5-10-19-12-14-7-8-16(20(3)18(14)21)15-11-13(2)6-9-17(15)22-4/h6-9,11,19H,5,10,12H2,1-4H3. The van der Waals surface area contributed by atoms with Crippen molar-refractivity contribution in [2.75, 3.05) is 13.7 Å². The third-order valence-electron chi connectivity index (χ3n) is 3.76. The summed E-state index contributed by atoms with van der Waals surface area (Å²) in [5, 5.41) is 3.27. The van der Waals surface area contributed by atoms with Crippen LogP contribution in [-0.2, 0) is 13.6 Å². The first-order valence-corrected chi connectivity index (χ1v) is 7.63. The number of hydrogen-bond donors (Lipinski definition) is 1. The van der Waals surface area contributed by atoms with Crippen molar-refractivity contribution in [3.63, 3.8) is 0 Å². The molecule has 0 saturated heterocycles. The minimum Gasteiger partial charge on any atom is -0.496 e. The lowest BCUT2D eigenvalue weighted by molar-refractivity contribution is 0.416. The molecular formula is C18H24N2O2. The molecule has 22 heavy (non-hydrogen) atoms. The molecule has 2 rings (SSSR count). The van der Waals surface area contributed by atoms with E-state index in [0.29, 0.717) is 6.54 Å². The molecule has 4 nitrogen and oxygen atoms in total. The predicted molar refractivity (Wildman–Crippen MR) is 90.4 cm³/mol. The van der Waals surface area contributed by atoms with Gasteiger partial charge in [0.25, 0.3) is 5.56 Å². The normalized spacial score (nSPS) is 10.7. The Morgan fingerprint density at radius 1 is 1.23 bits per heavy atom. The van der Waals surface area contributed by atoms with Crippen molar-refractivity contribution in [3.8, 4) is 17.0 Å². The van der Waals surface area contributed by atoms with E-state index in [-0.39, 0.29) is 5.56 Å². The Hall–Kier alpha value is -2.07. The summed E-state index contributed by atoms with van der Waals surface area (Å²) in [6.45, 7) is 5.66. The molecule has 0 saturated carbocycles.